The largest absolute Gasteiger partial charge is 0.381 e. The summed E-state index contributed by atoms with van der Waals surface area (Å²) in [5, 5.41) is 0. The van der Waals surface area contributed by atoms with Crippen molar-refractivity contribution in [2.75, 3.05) is 31.2 Å². The molecule has 0 bridgehead atoms. The third-order valence-corrected chi connectivity index (χ3v) is 4.08. The highest BCUT2D eigenvalue weighted by Crippen LogP contribution is 2.42. The number of aromatic nitrogens is 2. The number of aryl methyl sites for hydroxylation is 1. The van der Waals surface area contributed by atoms with Crippen LogP contribution in [0.2, 0.25) is 0 Å². The summed E-state index contributed by atoms with van der Waals surface area (Å²) in [5.41, 5.74) is 0.843. The van der Waals surface area contributed by atoms with Crippen LogP contribution in [0.5, 0.6) is 0 Å². The maximum absolute atomic E-state index is 14.1. The highest BCUT2D eigenvalue weighted by Gasteiger charge is 2.45. The monoisotopic (exact) mass is 251 g/mol. The summed E-state index contributed by atoms with van der Waals surface area (Å²) in [4.78, 5) is 10.1. The predicted octanol–water partition coefficient (Wildman–Crippen LogP) is 1.79. The molecule has 0 N–H and O–H groups in total. The van der Waals surface area contributed by atoms with E-state index in [4.69, 9.17) is 4.74 Å². The third kappa shape index (κ3) is 1.86. The minimum atomic E-state index is -0.248. The van der Waals surface area contributed by atoms with E-state index in [-0.39, 0.29) is 5.82 Å². The van der Waals surface area contributed by atoms with Crippen molar-refractivity contribution >= 4 is 5.82 Å². The number of anilines is 1. The SMILES string of the molecule is CCc1ncnc(N2CC3(CCOCC3)C2)c1F. The molecule has 0 unspecified atom stereocenters. The van der Waals surface area contributed by atoms with Gasteiger partial charge in [0.2, 0.25) is 0 Å². The molecule has 2 fully saturated rings. The molecule has 2 aliphatic heterocycles. The molecule has 2 aliphatic rings. The van der Waals surface area contributed by atoms with Crippen LogP contribution in [0.4, 0.5) is 10.2 Å². The van der Waals surface area contributed by atoms with Crippen LogP contribution in [0, 0.1) is 11.2 Å². The Morgan fingerprint density at radius 1 is 1.33 bits per heavy atom. The molecule has 3 heterocycles. The van der Waals surface area contributed by atoms with Crippen molar-refractivity contribution in [2.24, 2.45) is 5.41 Å². The molecule has 1 spiro atoms. The first-order valence-electron chi connectivity index (χ1n) is 6.56. The van der Waals surface area contributed by atoms with Gasteiger partial charge in [-0.15, -0.1) is 0 Å². The van der Waals surface area contributed by atoms with Gasteiger partial charge in [0, 0.05) is 31.7 Å². The molecule has 3 rings (SSSR count). The predicted molar refractivity (Wildman–Crippen MR) is 66.1 cm³/mol. The zero-order chi connectivity index (χ0) is 12.6. The maximum Gasteiger partial charge on any atom is 0.187 e. The lowest BCUT2D eigenvalue weighted by atomic mass is 9.73. The van der Waals surface area contributed by atoms with Crippen LogP contribution in [0.15, 0.2) is 6.33 Å². The quantitative estimate of drug-likeness (QED) is 0.803. The number of rotatable bonds is 2. The van der Waals surface area contributed by atoms with Crippen LogP contribution in [0.25, 0.3) is 0 Å². The number of hydrogen-bond donors (Lipinski definition) is 0. The van der Waals surface area contributed by atoms with Gasteiger partial charge in [-0.3, -0.25) is 0 Å². The van der Waals surface area contributed by atoms with E-state index in [1.54, 1.807) is 0 Å². The molecule has 0 amide bonds. The molecule has 4 nitrogen and oxygen atoms in total. The molecule has 98 valence electrons. The van der Waals surface area contributed by atoms with Gasteiger partial charge in [0.1, 0.15) is 6.33 Å². The lowest BCUT2D eigenvalue weighted by molar-refractivity contribution is -0.000692. The Kier molecular flexibility index (Phi) is 2.93. The second kappa shape index (κ2) is 4.46. The highest BCUT2D eigenvalue weighted by molar-refractivity contribution is 5.45. The van der Waals surface area contributed by atoms with Crippen LogP contribution >= 0.6 is 0 Å². The first kappa shape index (κ1) is 11.8. The first-order valence-corrected chi connectivity index (χ1v) is 6.56. The van der Waals surface area contributed by atoms with Crippen molar-refractivity contribution in [3.63, 3.8) is 0 Å². The molecule has 0 saturated carbocycles. The molecule has 0 radical (unpaired) electrons. The molecule has 5 heteroatoms. The van der Waals surface area contributed by atoms with Crippen LogP contribution in [0.1, 0.15) is 25.5 Å². The van der Waals surface area contributed by atoms with Crippen LogP contribution < -0.4 is 4.90 Å². The summed E-state index contributed by atoms with van der Waals surface area (Å²) in [6, 6.07) is 0. The van der Waals surface area contributed by atoms with E-state index in [1.165, 1.54) is 6.33 Å². The summed E-state index contributed by atoms with van der Waals surface area (Å²) in [7, 11) is 0. The van der Waals surface area contributed by atoms with E-state index in [1.807, 2.05) is 11.8 Å². The zero-order valence-corrected chi connectivity index (χ0v) is 10.7. The number of hydrogen-bond acceptors (Lipinski definition) is 4. The number of nitrogens with zero attached hydrogens (tertiary/aromatic N) is 3. The number of ether oxygens (including phenoxy) is 1. The Morgan fingerprint density at radius 2 is 2.06 bits per heavy atom. The second-order valence-electron chi connectivity index (χ2n) is 5.28. The molecule has 0 atom stereocenters. The van der Waals surface area contributed by atoms with E-state index in [0.717, 1.165) is 39.1 Å². The Labute approximate surface area is 106 Å². The highest BCUT2D eigenvalue weighted by atomic mass is 19.1. The fourth-order valence-corrected chi connectivity index (χ4v) is 2.90. The summed E-state index contributed by atoms with van der Waals surface area (Å²) in [5.74, 6) is 0.223. The molecule has 0 aromatic carbocycles. The van der Waals surface area contributed by atoms with Crippen molar-refractivity contribution < 1.29 is 9.13 Å². The fraction of sp³-hybridized carbons (Fsp3) is 0.692. The van der Waals surface area contributed by atoms with Crippen LogP contribution in [-0.4, -0.2) is 36.3 Å². The Morgan fingerprint density at radius 3 is 2.72 bits per heavy atom. The van der Waals surface area contributed by atoms with E-state index in [0.29, 0.717) is 23.3 Å². The van der Waals surface area contributed by atoms with Gasteiger partial charge < -0.3 is 9.64 Å². The van der Waals surface area contributed by atoms with Crippen LogP contribution in [0.3, 0.4) is 0 Å². The third-order valence-electron chi connectivity index (χ3n) is 4.08. The Hall–Kier alpha value is -1.23. The zero-order valence-electron chi connectivity index (χ0n) is 10.7. The minimum Gasteiger partial charge on any atom is -0.381 e. The average molecular weight is 251 g/mol. The lowest BCUT2D eigenvalue weighted by Gasteiger charge is -2.52. The molecule has 1 aromatic rings. The van der Waals surface area contributed by atoms with Gasteiger partial charge in [-0.1, -0.05) is 6.92 Å². The van der Waals surface area contributed by atoms with Gasteiger partial charge in [-0.05, 0) is 19.3 Å². The smallest absolute Gasteiger partial charge is 0.187 e. The summed E-state index contributed by atoms with van der Waals surface area (Å²) in [6.45, 7) is 5.37. The molecule has 18 heavy (non-hydrogen) atoms. The van der Waals surface area contributed by atoms with Gasteiger partial charge in [-0.2, -0.15) is 0 Å². The lowest BCUT2D eigenvalue weighted by Crippen LogP contribution is -2.59. The van der Waals surface area contributed by atoms with Gasteiger partial charge in [0.15, 0.2) is 11.6 Å². The fourth-order valence-electron chi connectivity index (χ4n) is 2.90. The van der Waals surface area contributed by atoms with Crippen molar-refractivity contribution in [2.45, 2.75) is 26.2 Å². The molecule has 2 saturated heterocycles. The number of halogens is 1. The van der Waals surface area contributed by atoms with Crippen LogP contribution in [-0.2, 0) is 11.2 Å². The van der Waals surface area contributed by atoms with Gasteiger partial charge >= 0.3 is 0 Å². The first-order chi connectivity index (χ1) is 8.74. The molecular formula is C13H18FN3O. The summed E-state index contributed by atoms with van der Waals surface area (Å²) in [6.07, 6.45) is 4.23. The minimum absolute atomic E-state index is 0.248. The second-order valence-corrected chi connectivity index (χ2v) is 5.28. The topological polar surface area (TPSA) is 38.2 Å². The summed E-state index contributed by atoms with van der Waals surface area (Å²) >= 11 is 0. The standard InChI is InChI=1S/C13H18FN3O/c1-2-10-11(14)12(16-9-15-10)17-7-13(8-17)3-5-18-6-4-13/h9H,2-8H2,1H3. The maximum atomic E-state index is 14.1. The van der Waals surface area contributed by atoms with E-state index >= 15 is 0 Å². The van der Waals surface area contributed by atoms with E-state index in [2.05, 4.69) is 9.97 Å². The van der Waals surface area contributed by atoms with Crippen molar-refractivity contribution in [1.29, 1.82) is 0 Å². The average Bonchev–Trinajstić information content (AvgIpc) is 2.37. The Balaban J connectivity index is 1.74. The van der Waals surface area contributed by atoms with Gasteiger partial charge in [-0.25, -0.2) is 14.4 Å². The molecule has 1 aromatic heterocycles. The van der Waals surface area contributed by atoms with Crippen molar-refractivity contribution in [3.05, 3.63) is 17.8 Å². The molecule has 0 aliphatic carbocycles. The summed E-state index contributed by atoms with van der Waals surface area (Å²) < 4.78 is 19.5. The van der Waals surface area contributed by atoms with Crippen molar-refractivity contribution in [1.82, 2.24) is 9.97 Å². The normalized spacial score (nSPS) is 22.0. The van der Waals surface area contributed by atoms with E-state index < -0.39 is 0 Å². The van der Waals surface area contributed by atoms with E-state index in [9.17, 15) is 4.39 Å². The molecular weight excluding hydrogens is 233 g/mol. The van der Waals surface area contributed by atoms with Gasteiger partial charge in [0.05, 0.1) is 5.69 Å². The van der Waals surface area contributed by atoms with Gasteiger partial charge in [0.25, 0.3) is 0 Å². The Bertz CT molecular complexity index is 438. The van der Waals surface area contributed by atoms with Crippen molar-refractivity contribution in [3.8, 4) is 0 Å².